The van der Waals surface area contributed by atoms with Crippen molar-refractivity contribution in [3.05, 3.63) is 47.5 Å². The first-order valence-corrected chi connectivity index (χ1v) is 7.45. The van der Waals surface area contributed by atoms with Crippen molar-refractivity contribution in [2.75, 3.05) is 24.9 Å². The molecule has 0 aliphatic rings. The lowest BCUT2D eigenvalue weighted by molar-refractivity contribution is -0.116. The van der Waals surface area contributed by atoms with Crippen LogP contribution in [-0.4, -0.2) is 26.2 Å². The second kappa shape index (κ2) is 7.74. The van der Waals surface area contributed by atoms with Crippen LogP contribution in [0.15, 0.2) is 42.5 Å². The summed E-state index contributed by atoms with van der Waals surface area (Å²) in [6, 6.07) is 12.0. The minimum Gasteiger partial charge on any atom is -0.497 e. The van der Waals surface area contributed by atoms with Gasteiger partial charge in [0.1, 0.15) is 17.5 Å². The Morgan fingerprint density at radius 1 is 1.00 bits per heavy atom. The molecular weight excluding hydrogens is 316 g/mol. The van der Waals surface area contributed by atoms with E-state index in [0.717, 1.165) is 5.69 Å². The Morgan fingerprint density at radius 2 is 1.57 bits per heavy atom. The van der Waals surface area contributed by atoms with Crippen molar-refractivity contribution in [1.82, 2.24) is 0 Å². The molecule has 0 saturated carbocycles. The topological polar surface area (TPSA) is 59.6 Å². The number of nitrogens with one attached hydrogen (secondary N) is 2. The second-order valence-corrected chi connectivity index (χ2v) is 5.40. The number of benzene rings is 2. The molecule has 1 unspecified atom stereocenters. The number of halogens is 1. The van der Waals surface area contributed by atoms with Gasteiger partial charge < -0.3 is 20.1 Å². The monoisotopic (exact) mass is 334 g/mol. The number of hydrogen-bond donors (Lipinski definition) is 2. The largest absolute Gasteiger partial charge is 0.497 e. The molecule has 1 amide bonds. The van der Waals surface area contributed by atoms with E-state index in [2.05, 4.69) is 10.6 Å². The van der Waals surface area contributed by atoms with E-state index in [9.17, 15) is 4.79 Å². The molecule has 122 valence electrons. The SMILES string of the molecule is COc1cc(NC(=O)C(C)Nc2ccc(Cl)cc2)cc(OC)c1. The van der Waals surface area contributed by atoms with E-state index in [-0.39, 0.29) is 5.91 Å². The van der Waals surface area contributed by atoms with Crippen LogP contribution in [0.1, 0.15) is 6.92 Å². The zero-order chi connectivity index (χ0) is 16.8. The van der Waals surface area contributed by atoms with Crippen LogP contribution in [0.4, 0.5) is 11.4 Å². The van der Waals surface area contributed by atoms with Crippen LogP contribution in [0, 0.1) is 0 Å². The van der Waals surface area contributed by atoms with E-state index in [1.165, 1.54) is 0 Å². The fourth-order valence-electron chi connectivity index (χ4n) is 1.99. The molecule has 0 bridgehead atoms. The van der Waals surface area contributed by atoms with Crippen LogP contribution in [-0.2, 0) is 4.79 Å². The second-order valence-electron chi connectivity index (χ2n) is 4.96. The molecule has 0 spiro atoms. The van der Waals surface area contributed by atoms with E-state index in [1.807, 2.05) is 12.1 Å². The number of rotatable bonds is 6. The van der Waals surface area contributed by atoms with Gasteiger partial charge in [-0.25, -0.2) is 0 Å². The Balaban J connectivity index is 2.04. The van der Waals surface area contributed by atoms with Crippen LogP contribution >= 0.6 is 11.6 Å². The molecular formula is C17H19ClN2O3. The van der Waals surface area contributed by atoms with Gasteiger partial charge in [-0.05, 0) is 31.2 Å². The standard InChI is InChI=1S/C17H19ClN2O3/c1-11(19-13-6-4-12(18)5-7-13)17(21)20-14-8-15(22-2)10-16(9-14)23-3/h4-11,19H,1-3H3,(H,20,21). The number of methoxy groups -OCH3 is 2. The molecule has 2 aromatic rings. The highest BCUT2D eigenvalue weighted by molar-refractivity contribution is 6.30. The highest BCUT2D eigenvalue weighted by Crippen LogP contribution is 2.26. The smallest absolute Gasteiger partial charge is 0.246 e. The summed E-state index contributed by atoms with van der Waals surface area (Å²) in [5, 5.41) is 6.60. The van der Waals surface area contributed by atoms with E-state index in [4.69, 9.17) is 21.1 Å². The number of amides is 1. The van der Waals surface area contributed by atoms with E-state index in [1.54, 1.807) is 51.5 Å². The van der Waals surface area contributed by atoms with Crippen molar-refractivity contribution < 1.29 is 14.3 Å². The predicted molar refractivity (Wildman–Crippen MR) is 92.7 cm³/mol. The van der Waals surface area contributed by atoms with Crippen LogP contribution in [0.25, 0.3) is 0 Å². The van der Waals surface area contributed by atoms with Crippen LogP contribution in [0.2, 0.25) is 5.02 Å². The minimum absolute atomic E-state index is 0.171. The molecule has 0 aromatic heterocycles. The normalized spacial score (nSPS) is 11.5. The van der Waals surface area contributed by atoms with Crippen molar-refractivity contribution in [2.45, 2.75) is 13.0 Å². The van der Waals surface area contributed by atoms with Crippen LogP contribution < -0.4 is 20.1 Å². The highest BCUT2D eigenvalue weighted by Gasteiger charge is 2.14. The molecule has 6 heteroatoms. The van der Waals surface area contributed by atoms with E-state index >= 15 is 0 Å². The fraction of sp³-hybridized carbons (Fsp3) is 0.235. The summed E-state index contributed by atoms with van der Waals surface area (Å²) in [6.45, 7) is 1.78. The van der Waals surface area contributed by atoms with Gasteiger partial charge in [0.25, 0.3) is 0 Å². The summed E-state index contributed by atoms with van der Waals surface area (Å²) in [4.78, 5) is 12.3. The van der Waals surface area contributed by atoms with Gasteiger partial charge in [0.05, 0.1) is 14.2 Å². The van der Waals surface area contributed by atoms with Gasteiger partial charge in [-0.2, -0.15) is 0 Å². The molecule has 0 aliphatic carbocycles. The van der Waals surface area contributed by atoms with Crippen LogP contribution in [0.3, 0.4) is 0 Å². The fourth-order valence-corrected chi connectivity index (χ4v) is 2.12. The lowest BCUT2D eigenvalue weighted by atomic mass is 10.2. The Kier molecular flexibility index (Phi) is 5.71. The molecule has 2 rings (SSSR count). The number of hydrogen-bond acceptors (Lipinski definition) is 4. The van der Waals surface area contributed by atoms with Crippen molar-refractivity contribution >= 4 is 28.9 Å². The molecule has 2 N–H and O–H groups in total. The number of ether oxygens (including phenoxy) is 2. The molecule has 0 saturated heterocycles. The summed E-state index contributed by atoms with van der Waals surface area (Å²) in [6.07, 6.45) is 0. The number of carbonyl (C=O) groups is 1. The maximum Gasteiger partial charge on any atom is 0.246 e. The Hall–Kier alpha value is -2.40. The first-order chi connectivity index (χ1) is 11.0. The van der Waals surface area contributed by atoms with Gasteiger partial charge in [-0.1, -0.05) is 11.6 Å². The third-order valence-corrected chi connectivity index (χ3v) is 3.49. The zero-order valence-electron chi connectivity index (χ0n) is 13.2. The van der Waals surface area contributed by atoms with Gasteiger partial charge in [-0.3, -0.25) is 4.79 Å². The van der Waals surface area contributed by atoms with Gasteiger partial charge in [0.15, 0.2) is 0 Å². The van der Waals surface area contributed by atoms with Crippen molar-refractivity contribution in [3.63, 3.8) is 0 Å². The summed E-state index contributed by atoms with van der Waals surface area (Å²) in [5.74, 6) is 1.05. The molecule has 0 fully saturated rings. The van der Waals surface area contributed by atoms with E-state index < -0.39 is 6.04 Å². The lowest BCUT2D eigenvalue weighted by Crippen LogP contribution is -2.31. The van der Waals surface area contributed by atoms with Crippen LogP contribution in [0.5, 0.6) is 11.5 Å². The summed E-state index contributed by atoms with van der Waals surface area (Å²) < 4.78 is 10.4. The zero-order valence-corrected chi connectivity index (χ0v) is 14.0. The Labute approximate surface area is 140 Å². The van der Waals surface area contributed by atoms with Crippen molar-refractivity contribution in [2.24, 2.45) is 0 Å². The van der Waals surface area contributed by atoms with Gasteiger partial charge in [0.2, 0.25) is 5.91 Å². The van der Waals surface area contributed by atoms with Gasteiger partial charge >= 0.3 is 0 Å². The Morgan fingerprint density at radius 3 is 2.09 bits per heavy atom. The molecule has 0 heterocycles. The summed E-state index contributed by atoms with van der Waals surface area (Å²) in [5.41, 5.74) is 1.43. The maximum atomic E-state index is 12.3. The molecule has 23 heavy (non-hydrogen) atoms. The van der Waals surface area contributed by atoms with Gasteiger partial charge in [0, 0.05) is 34.6 Å². The van der Waals surface area contributed by atoms with E-state index in [0.29, 0.717) is 22.2 Å². The minimum atomic E-state index is -0.423. The first kappa shape index (κ1) is 17.0. The molecule has 2 aromatic carbocycles. The number of carbonyl (C=O) groups excluding carboxylic acids is 1. The first-order valence-electron chi connectivity index (χ1n) is 7.08. The maximum absolute atomic E-state index is 12.3. The van der Waals surface area contributed by atoms with Crippen molar-refractivity contribution in [1.29, 1.82) is 0 Å². The van der Waals surface area contributed by atoms with Crippen molar-refractivity contribution in [3.8, 4) is 11.5 Å². The molecule has 0 radical (unpaired) electrons. The predicted octanol–water partition coefficient (Wildman–Crippen LogP) is 3.80. The number of anilines is 2. The highest BCUT2D eigenvalue weighted by atomic mass is 35.5. The molecule has 5 nitrogen and oxygen atoms in total. The third kappa shape index (κ3) is 4.79. The third-order valence-electron chi connectivity index (χ3n) is 3.24. The molecule has 0 aliphatic heterocycles. The summed E-state index contributed by atoms with van der Waals surface area (Å²) in [7, 11) is 3.12. The van der Waals surface area contributed by atoms with Gasteiger partial charge in [-0.15, -0.1) is 0 Å². The average Bonchev–Trinajstić information content (AvgIpc) is 2.56. The molecule has 1 atom stereocenters. The average molecular weight is 335 g/mol. The lowest BCUT2D eigenvalue weighted by Gasteiger charge is -2.16. The Bertz CT molecular complexity index is 652. The quantitative estimate of drug-likeness (QED) is 0.843. The summed E-state index contributed by atoms with van der Waals surface area (Å²) >= 11 is 5.84.